The summed E-state index contributed by atoms with van der Waals surface area (Å²) in [5.41, 5.74) is 7.34. The quantitative estimate of drug-likeness (QED) is 0.385. The van der Waals surface area contributed by atoms with E-state index in [9.17, 15) is 24.2 Å². The molecule has 1 aromatic carbocycles. The van der Waals surface area contributed by atoms with Gasteiger partial charge >= 0.3 is 5.97 Å². The van der Waals surface area contributed by atoms with Crippen molar-refractivity contribution in [1.29, 1.82) is 0 Å². The Labute approximate surface area is 250 Å². The summed E-state index contributed by atoms with van der Waals surface area (Å²) >= 11 is 1.04. The predicted octanol–water partition coefficient (Wildman–Crippen LogP) is 5.23. The van der Waals surface area contributed by atoms with E-state index in [4.69, 9.17) is 15.5 Å². The number of ether oxygens (including phenoxy) is 1. The molecule has 0 radical (unpaired) electrons. The summed E-state index contributed by atoms with van der Waals surface area (Å²) in [6.07, 6.45) is 8.46. The molecule has 4 saturated carbocycles. The Morgan fingerprint density at radius 2 is 1.93 bits per heavy atom. The number of aliphatic imine (C=N–C) groups is 1. The number of hydrogen-bond acceptors (Lipinski definition) is 8. The molecule has 0 bridgehead atoms. The number of hydrogen-bond donors (Lipinski definition) is 3. The maximum Gasteiger partial charge on any atom is 0.309 e. The maximum atomic E-state index is 13.8. The van der Waals surface area contributed by atoms with E-state index in [0.717, 1.165) is 55.2 Å². The number of aliphatic hydroxyl groups is 2. The number of thioether (sulfide) groups is 1. The Hall–Kier alpha value is -2.49. The largest absolute Gasteiger partial charge is 0.449 e. The van der Waals surface area contributed by atoms with Gasteiger partial charge in [-0.15, -0.1) is 0 Å². The molecule has 0 spiro atoms. The summed E-state index contributed by atoms with van der Waals surface area (Å²) in [6.45, 7) is 4.14. The Bertz CT molecular complexity index is 1360. The van der Waals surface area contributed by atoms with Crippen molar-refractivity contribution < 1.29 is 28.9 Å². The molecule has 7 atom stereocenters. The van der Waals surface area contributed by atoms with Crippen LogP contribution < -0.4 is 5.73 Å². The summed E-state index contributed by atoms with van der Waals surface area (Å²) in [5, 5.41) is 21.3. The zero-order valence-corrected chi connectivity index (χ0v) is 25.2. The van der Waals surface area contributed by atoms with E-state index in [0.29, 0.717) is 24.9 Å². The second-order valence-electron chi connectivity index (χ2n) is 13.4. The first-order valence-corrected chi connectivity index (χ1v) is 16.2. The highest BCUT2D eigenvalue weighted by Gasteiger charge is 2.71. The average Bonchev–Trinajstić information content (AvgIpc) is 3.77. The number of rotatable bonds is 6. The van der Waals surface area contributed by atoms with Crippen LogP contribution in [0.2, 0.25) is 0 Å². The molecule has 0 aromatic heterocycles. The highest BCUT2D eigenvalue weighted by atomic mass is 32.2. The van der Waals surface area contributed by atoms with E-state index < -0.39 is 17.1 Å². The first-order valence-electron chi connectivity index (χ1n) is 15.2. The van der Waals surface area contributed by atoms with Gasteiger partial charge in [0.15, 0.2) is 5.60 Å². The molecule has 1 aromatic rings. The van der Waals surface area contributed by atoms with Crippen molar-refractivity contribution >= 4 is 34.2 Å². The lowest BCUT2D eigenvalue weighted by atomic mass is 9.45. The fraction of sp³-hybridized carbons (Fsp3) is 0.606. The number of carbonyl (C=O) groups excluding carboxylic acids is 2. The number of allylic oxidation sites excluding steroid dienone is 3. The molecule has 5 aliphatic carbocycles. The molecule has 7 unspecified atom stereocenters. The molecule has 0 saturated heterocycles. The van der Waals surface area contributed by atoms with Crippen molar-refractivity contribution in [1.82, 2.24) is 0 Å². The van der Waals surface area contributed by atoms with E-state index in [2.05, 4.69) is 19.9 Å². The van der Waals surface area contributed by atoms with Crippen molar-refractivity contribution in [2.45, 2.75) is 76.9 Å². The molecule has 6 rings (SSSR count). The van der Waals surface area contributed by atoms with Crippen molar-refractivity contribution in [3.05, 3.63) is 53.5 Å². The predicted molar refractivity (Wildman–Crippen MR) is 160 cm³/mol. The van der Waals surface area contributed by atoms with Crippen molar-refractivity contribution in [2.75, 3.05) is 12.4 Å². The van der Waals surface area contributed by atoms with Gasteiger partial charge in [-0.3, -0.25) is 9.59 Å². The molecule has 226 valence electrons. The summed E-state index contributed by atoms with van der Waals surface area (Å²) in [5.74, 6) is -0.302. The molecule has 5 aliphatic rings. The van der Waals surface area contributed by atoms with E-state index in [1.54, 1.807) is 18.3 Å². The molecule has 9 heteroatoms. The average molecular weight is 597 g/mol. The molecule has 4 N–H and O–H groups in total. The third-order valence-corrected chi connectivity index (χ3v) is 12.1. The van der Waals surface area contributed by atoms with Gasteiger partial charge in [-0.1, -0.05) is 31.2 Å². The number of halogens is 1. The second kappa shape index (κ2) is 10.9. The van der Waals surface area contributed by atoms with Gasteiger partial charge in [0.25, 0.3) is 0 Å². The Kier molecular flexibility index (Phi) is 7.67. The summed E-state index contributed by atoms with van der Waals surface area (Å²) in [4.78, 5) is 31.7. The number of aliphatic hydroxyl groups excluding tert-OH is 2. The summed E-state index contributed by atoms with van der Waals surface area (Å²) < 4.78 is 19.7. The van der Waals surface area contributed by atoms with E-state index in [-0.39, 0.29) is 58.3 Å². The molecule has 7 nitrogen and oxygen atoms in total. The fourth-order valence-corrected chi connectivity index (χ4v) is 9.84. The third-order valence-electron chi connectivity index (χ3n) is 11.1. The lowest BCUT2D eigenvalue weighted by Crippen LogP contribution is -2.62. The van der Waals surface area contributed by atoms with Crippen LogP contribution in [0.4, 0.5) is 10.1 Å². The zero-order chi connectivity index (χ0) is 29.9. The summed E-state index contributed by atoms with van der Waals surface area (Å²) in [7, 11) is 0. The molecule has 0 amide bonds. The first-order chi connectivity index (χ1) is 20.1. The second-order valence-corrected chi connectivity index (χ2v) is 14.4. The van der Waals surface area contributed by atoms with Crippen molar-refractivity contribution in [3.63, 3.8) is 0 Å². The number of nitrogens with two attached hydrogens (primary N) is 1. The molecule has 0 heterocycles. The van der Waals surface area contributed by atoms with Crippen LogP contribution in [-0.2, 0) is 14.3 Å². The number of esters is 1. The van der Waals surface area contributed by atoms with E-state index in [1.165, 1.54) is 17.7 Å². The molecule has 4 fully saturated rings. The van der Waals surface area contributed by atoms with Gasteiger partial charge in [-0.25, -0.2) is 9.38 Å². The SMILES string of the molecule is CC12CC(=CN)C(=Nc3ccc(F)cc3)C=C1CCC1C2C(O)CC2(C)C1CCC2(OC(=O)C1CC1)C(=O)SCCO. The fourth-order valence-electron chi connectivity index (χ4n) is 8.95. The Balaban J connectivity index is 1.34. The van der Waals surface area contributed by atoms with Crippen LogP contribution >= 0.6 is 11.8 Å². The highest BCUT2D eigenvalue weighted by Crippen LogP contribution is 2.69. The monoisotopic (exact) mass is 596 g/mol. The van der Waals surface area contributed by atoms with Crippen molar-refractivity contribution in [2.24, 2.45) is 45.2 Å². The van der Waals surface area contributed by atoms with Crippen LogP contribution in [0.25, 0.3) is 0 Å². The van der Waals surface area contributed by atoms with Crippen LogP contribution in [0, 0.1) is 40.3 Å². The van der Waals surface area contributed by atoms with Crippen LogP contribution in [0.15, 0.2) is 52.7 Å². The third kappa shape index (κ3) is 4.67. The lowest BCUT2D eigenvalue weighted by molar-refractivity contribution is -0.197. The Morgan fingerprint density at radius 3 is 2.60 bits per heavy atom. The smallest absolute Gasteiger partial charge is 0.309 e. The minimum Gasteiger partial charge on any atom is -0.449 e. The van der Waals surface area contributed by atoms with Crippen LogP contribution in [0.3, 0.4) is 0 Å². The van der Waals surface area contributed by atoms with Gasteiger partial charge in [-0.05, 0) is 117 Å². The maximum absolute atomic E-state index is 13.8. The van der Waals surface area contributed by atoms with Crippen molar-refractivity contribution in [3.8, 4) is 0 Å². The van der Waals surface area contributed by atoms with Crippen LogP contribution in [-0.4, -0.2) is 51.1 Å². The molecule has 42 heavy (non-hydrogen) atoms. The molecular weight excluding hydrogens is 555 g/mol. The summed E-state index contributed by atoms with van der Waals surface area (Å²) in [6, 6.07) is 6.08. The van der Waals surface area contributed by atoms with Gasteiger partial charge in [-0.2, -0.15) is 0 Å². The lowest BCUT2D eigenvalue weighted by Gasteiger charge is -2.61. The normalized spacial score (nSPS) is 39.3. The zero-order valence-electron chi connectivity index (χ0n) is 24.4. The van der Waals surface area contributed by atoms with Gasteiger partial charge in [0.2, 0.25) is 5.12 Å². The minimum atomic E-state index is -1.30. The van der Waals surface area contributed by atoms with Crippen LogP contribution in [0.5, 0.6) is 0 Å². The van der Waals surface area contributed by atoms with Gasteiger partial charge in [0.1, 0.15) is 5.82 Å². The van der Waals surface area contributed by atoms with Gasteiger partial charge in [0, 0.05) is 11.2 Å². The standard InChI is InChI=1S/C33H41FN2O5S/c1-31-16-20(18-35)26(36-23-8-6-22(34)7-9-23)15-21(31)5-10-24-25-11-12-33(30(40)42-14-13-37,41-29(39)19-3-4-19)32(25,2)17-27(38)28(24)31/h6-9,15,18-19,24-25,27-28,37-38H,3-5,10-14,16-17,35H2,1-2H3. The van der Waals surface area contributed by atoms with E-state index >= 15 is 0 Å². The number of benzene rings is 1. The molecule has 0 aliphatic heterocycles. The van der Waals surface area contributed by atoms with Gasteiger partial charge in [0.05, 0.1) is 30.0 Å². The van der Waals surface area contributed by atoms with E-state index in [1.807, 2.05) is 0 Å². The minimum absolute atomic E-state index is 0.0481. The van der Waals surface area contributed by atoms with Gasteiger partial charge < -0.3 is 20.7 Å². The van der Waals surface area contributed by atoms with Crippen LogP contribution in [0.1, 0.15) is 65.2 Å². The number of nitrogens with zero attached hydrogens (tertiary/aromatic N) is 1. The topological polar surface area (TPSA) is 122 Å². The molecular formula is C33H41FN2O5S. The first kappa shape index (κ1) is 29.6. The Morgan fingerprint density at radius 1 is 1.19 bits per heavy atom. The highest BCUT2D eigenvalue weighted by molar-refractivity contribution is 8.13. The number of carbonyl (C=O) groups is 2. The number of fused-ring (bicyclic) bond motifs is 5.